The lowest BCUT2D eigenvalue weighted by atomic mass is 10.2. The zero-order chi connectivity index (χ0) is 23.1. The van der Waals surface area contributed by atoms with Gasteiger partial charge in [0.15, 0.2) is 18.1 Å². The lowest BCUT2D eigenvalue weighted by Gasteiger charge is -2.13. The summed E-state index contributed by atoms with van der Waals surface area (Å²) in [4.78, 5) is 44.1. The van der Waals surface area contributed by atoms with Gasteiger partial charge >= 0.3 is 12.0 Å². The topological polar surface area (TPSA) is 146 Å². The van der Waals surface area contributed by atoms with Gasteiger partial charge in [-0.25, -0.2) is 19.1 Å². The van der Waals surface area contributed by atoms with E-state index in [2.05, 4.69) is 25.7 Å². The van der Waals surface area contributed by atoms with Crippen LogP contribution in [-0.2, 0) is 9.53 Å². The summed E-state index contributed by atoms with van der Waals surface area (Å²) in [6.45, 7) is 5.62. The molecule has 0 radical (unpaired) electrons. The van der Waals surface area contributed by atoms with Gasteiger partial charge in [0, 0.05) is 23.6 Å². The Bertz CT molecular complexity index is 1140. The lowest BCUT2D eigenvalue weighted by molar-refractivity contribution is -0.123. The summed E-state index contributed by atoms with van der Waals surface area (Å²) >= 11 is 0. The van der Waals surface area contributed by atoms with E-state index in [1.54, 1.807) is 31.2 Å². The number of ether oxygens (including phenoxy) is 3. The van der Waals surface area contributed by atoms with Crippen molar-refractivity contribution in [2.75, 3.05) is 25.1 Å². The highest BCUT2D eigenvalue weighted by Gasteiger charge is 2.18. The summed E-state index contributed by atoms with van der Waals surface area (Å²) in [5.74, 6) is -0.779. The number of nitrogens with zero attached hydrogens (tertiary/aromatic N) is 4. The fourth-order valence-corrected chi connectivity index (χ4v) is 2.64. The third-order valence-corrected chi connectivity index (χ3v) is 4.00. The molecule has 0 saturated carbocycles. The normalized spacial score (nSPS) is 10.5. The van der Waals surface area contributed by atoms with Gasteiger partial charge in [-0.1, -0.05) is 0 Å². The number of rotatable bonds is 8. The van der Waals surface area contributed by atoms with Crippen LogP contribution in [0.3, 0.4) is 0 Å². The predicted octanol–water partition coefficient (Wildman–Crippen LogP) is 1.74. The zero-order valence-corrected chi connectivity index (χ0v) is 17.7. The van der Waals surface area contributed by atoms with Gasteiger partial charge in [-0.3, -0.25) is 10.1 Å². The molecule has 0 aliphatic carbocycles. The molecule has 12 heteroatoms. The van der Waals surface area contributed by atoms with Crippen molar-refractivity contribution in [2.24, 2.45) is 0 Å². The molecule has 32 heavy (non-hydrogen) atoms. The number of imide groups is 1. The van der Waals surface area contributed by atoms with Crippen LogP contribution in [0.4, 0.5) is 10.5 Å². The summed E-state index contributed by atoms with van der Waals surface area (Å²) < 4.78 is 17.2. The van der Waals surface area contributed by atoms with Crippen LogP contribution >= 0.6 is 0 Å². The van der Waals surface area contributed by atoms with Crippen LogP contribution in [0.25, 0.3) is 5.78 Å². The second kappa shape index (κ2) is 10.2. The average molecular weight is 442 g/mol. The van der Waals surface area contributed by atoms with Gasteiger partial charge < -0.3 is 19.5 Å². The number of esters is 1. The summed E-state index contributed by atoms with van der Waals surface area (Å²) in [5.41, 5.74) is 1.11. The maximum Gasteiger partial charge on any atom is 0.378 e. The Morgan fingerprint density at radius 2 is 1.81 bits per heavy atom. The lowest BCUT2D eigenvalue weighted by Crippen LogP contribution is -2.37. The van der Waals surface area contributed by atoms with E-state index in [4.69, 9.17) is 14.2 Å². The second-order valence-electron chi connectivity index (χ2n) is 6.34. The minimum absolute atomic E-state index is 0.225. The SMILES string of the molecule is CCOc1ccc(NC(=O)NC(=O)COC(=O)c2nc3nccc(C)n3n2)cc1OCC. The van der Waals surface area contributed by atoms with Crippen molar-refractivity contribution >= 4 is 29.4 Å². The van der Waals surface area contributed by atoms with Crippen molar-refractivity contribution in [3.05, 3.63) is 42.0 Å². The summed E-state index contributed by atoms with van der Waals surface area (Å²) in [6.07, 6.45) is 1.53. The number of urea groups is 1. The summed E-state index contributed by atoms with van der Waals surface area (Å²) in [5, 5.41) is 8.55. The summed E-state index contributed by atoms with van der Waals surface area (Å²) in [7, 11) is 0. The number of nitrogens with one attached hydrogen (secondary N) is 2. The predicted molar refractivity (Wildman–Crippen MR) is 112 cm³/mol. The molecule has 1 aromatic carbocycles. The van der Waals surface area contributed by atoms with Crippen LogP contribution in [-0.4, -0.2) is 57.3 Å². The second-order valence-corrected chi connectivity index (χ2v) is 6.34. The fourth-order valence-electron chi connectivity index (χ4n) is 2.64. The molecule has 3 amide bonds. The number of fused-ring (bicyclic) bond motifs is 1. The Labute approximate surface area is 182 Å². The van der Waals surface area contributed by atoms with Gasteiger partial charge in [0.2, 0.25) is 0 Å². The molecule has 0 atom stereocenters. The van der Waals surface area contributed by atoms with E-state index in [9.17, 15) is 14.4 Å². The number of carbonyl (C=O) groups is 3. The molecule has 3 rings (SSSR count). The van der Waals surface area contributed by atoms with Crippen molar-refractivity contribution < 1.29 is 28.6 Å². The minimum atomic E-state index is -0.918. The van der Waals surface area contributed by atoms with Gasteiger partial charge in [0.25, 0.3) is 17.5 Å². The maximum atomic E-state index is 12.1. The molecule has 0 spiro atoms. The highest BCUT2D eigenvalue weighted by Crippen LogP contribution is 2.30. The Morgan fingerprint density at radius 3 is 2.53 bits per heavy atom. The first-order chi connectivity index (χ1) is 15.4. The van der Waals surface area contributed by atoms with E-state index in [1.807, 2.05) is 13.8 Å². The molecule has 0 saturated heterocycles. The van der Waals surface area contributed by atoms with Crippen LogP contribution in [0.2, 0.25) is 0 Å². The number of hydrogen-bond acceptors (Lipinski definition) is 9. The molecule has 3 aromatic rings. The molecule has 12 nitrogen and oxygen atoms in total. The van der Waals surface area contributed by atoms with Crippen LogP contribution in [0.5, 0.6) is 11.5 Å². The largest absolute Gasteiger partial charge is 0.490 e. The molecule has 0 aliphatic heterocycles. The van der Waals surface area contributed by atoms with Crippen LogP contribution in [0.15, 0.2) is 30.5 Å². The van der Waals surface area contributed by atoms with Crippen molar-refractivity contribution in [3.63, 3.8) is 0 Å². The van der Waals surface area contributed by atoms with E-state index < -0.39 is 24.5 Å². The molecule has 2 aromatic heterocycles. The standard InChI is InChI=1S/C20H22N6O6/c1-4-30-14-7-6-13(10-15(14)31-5-2)22-20(29)23-16(27)11-32-18(28)17-24-19-21-9-8-12(3)26(19)25-17/h6-10H,4-5,11H2,1-3H3,(H2,22,23,27,29). The molecular formula is C20H22N6O6. The van der Waals surface area contributed by atoms with Crippen LogP contribution in [0.1, 0.15) is 30.2 Å². The van der Waals surface area contributed by atoms with Gasteiger partial charge in [-0.05, 0) is 39.0 Å². The fraction of sp³-hybridized carbons (Fsp3) is 0.300. The first kappa shape index (κ1) is 22.5. The third kappa shape index (κ3) is 5.47. The quantitative estimate of drug-likeness (QED) is 0.498. The Hall–Kier alpha value is -4.22. The smallest absolute Gasteiger partial charge is 0.378 e. The number of anilines is 1. The number of carbonyl (C=O) groups excluding carboxylic acids is 3. The molecule has 0 unspecified atom stereocenters. The van der Waals surface area contributed by atoms with Crippen molar-refractivity contribution in [1.29, 1.82) is 0 Å². The average Bonchev–Trinajstić information content (AvgIpc) is 3.20. The third-order valence-electron chi connectivity index (χ3n) is 4.00. The number of benzene rings is 1. The monoisotopic (exact) mass is 442 g/mol. The van der Waals surface area contributed by atoms with Gasteiger partial charge in [-0.15, -0.1) is 5.10 Å². The Kier molecular flexibility index (Phi) is 7.16. The Balaban J connectivity index is 1.53. The number of amides is 3. The van der Waals surface area contributed by atoms with E-state index in [0.717, 1.165) is 5.69 Å². The van der Waals surface area contributed by atoms with Crippen LogP contribution < -0.4 is 20.1 Å². The number of hydrogen-bond donors (Lipinski definition) is 2. The van der Waals surface area contributed by atoms with Gasteiger partial charge in [0.1, 0.15) is 0 Å². The van der Waals surface area contributed by atoms with E-state index in [-0.39, 0.29) is 11.6 Å². The molecule has 168 valence electrons. The molecular weight excluding hydrogens is 420 g/mol. The minimum Gasteiger partial charge on any atom is -0.490 e. The molecule has 2 heterocycles. The van der Waals surface area contributed by atoms with Crippen LogP contribution in [0, 0.1) is 6.92 Å². The highest BCUT2D eigenvalue weighted by molar-refractivity contribution is 6.02. The van der Waals surface area contributed by atoms with E-state index in [1.165, 1.54) is 10.7 Å². The number of aryl methyl sites for hydroxylation is 1. The highest BCUT2D eigenvalue weighted by atomic mass is 16.5. The van der Waals surface area contributed by atoms with Crippen molar-refractivity contribution in [3.8, 4) is 11.5 Å². The van der Waals surface area contributed by atoms with Gasteiger partial charge in [-0.2, -0.15) is 4.98 Å². The number of aromatic nitrogens is 4. The van der Waals surface area contributed by atoms with Crippen molar-refractivity contribution in [2.45, 2.75) is 20.8 Å². The first-order valence-electron chi connectivity index (χ1n) is 9.77. The van der Waals surface area contributed by atoms with E-state index >= 15 is 0 Å². The maximum absolute atomic E-state index is 12.1. The van der Waals surface area contributed by atoms with Crippen molar-refractivity contribution in [1.82, 2.24) is 24.9 Å². The molecule has 0 aliphatic rings. The summed E-state index contributed by atoms with van der Waals surface area (Å²) in [6, 6.07) is 5.71. The zero-order valence-electron chi connectivity index (χ0n) is 17.7. The molecule has 0 fully saturated rings. The van der Waals surface area contributed by atoms with Gasteiger partial charge in [0.05, 0.1) is 13.2 Å². The van der Waals surface area contributed by atoms with E-state index in [0.29, 0.717) is 30.4 Å². The first-order valence-corrected chi connectivity index (χ1v) is 9.77. The Morgan fingerprint density at radius 1 is 1.06 bits per heavy atom. The molecule has 2 N–H and O–H groups in total. The molecule has 0 bridgehead atoms.